The lowest BCUT2D eigenvalue weighted by molar-refractivity contribution is -0.196. The second-order valence-electron chi connectivity index (χ2n) is 23.5. The third-order valence-electron chi connectivity index (χ3n) is 16.7. The minimum absolute atomic E-state index is 0.0732. The van der Waals surface area contributed by atoms with Crippen LogP contribution in [-0.4, -0.2) is 162 Å². The van der Waals surface area contributed by atoms with Crippen molar-refractivity contribution in [3.8, 4) is 0 Å². The van der Waals surface area contributed by atoms with Gasteiger partial charge in [-0.05, 0) is 92.5 Å². The van der Waals surface area contributed by atoms with Crippen LogP contribution in [-0.2, 0) is 64.0 Å². The Morgan fingerprint density at radius 1 is 0.800 bits per heavy atom. The number of hydrogen-bond donors (Lipinski definition) is 4. The predicted octanol–water partition coefficient (Wildman–Crippen LogP) is 8.13. The number of aliphatic hydroxyl groups excluding tert-OH is 1. The van der Waals surface area contributed by atoms with Crippen LogP contribution in [0.1, 0.15) is 150 Å². The van der Waals surface area contributed by atoms with Gasteiger partial charge in [0.05, 0.1) is 66.2 Å². The molecule has 7 amide bonds. The molecule has 2 saturated heterocycles. The number of aliphatic hydroxyl groups is 1. The highest BCUT2D eigenvalue weighted by atomic mass is 16.7. The number of anilines is 2. The number of amides is 7. The second kappa shape index (κ2) is 33.1. The van der Waals surface area contributed by atoms with Gasteiger partial charge in [0.1, 0.15) is 19.3 Å². The molecule has 11 atom stereocenters. The first kappa shape index (κ1) is 68.9. The number of allylic oxidation sites excluding steroid dienone is 1. The molecule has 22 nitrogen and oxygen atoms in total. The molecule has 2 fully saturated rings. The summed E-state index contributed by atoms with van der Waals surface area (Å²) < 4.78 is 23.5. The van der Waals surface area contributed by atoms with Crippen molar-refractivity contribution in [3.05, 3.63) is 71.8 Å². The number of ketones is 1. The highest BCUT2D eigenvalue weighted by Gasteiger charge is 2.44. The van der Waals surface area contributed by atoms with E-state index in [2.05, 4.69) is 16.0 Å². The first-order valence-corrected chi connectivity index (χ1v) is 30.1. The minimum atomic E-state index is -1.01. The van der Waals surface area contributed by atoms with E-state index < -0.39 is 103 Å². The Morgan fingerprint density at radius 3 is 2.13 bits per heavy atom. The van der Waals surface area contributed by atoms with Gasteiger partial charge < -0.3 is 54.2 Å². The number of carbonyl (C=O) groups is 9. The van der Waals surface area contributed by atoms with E-state index >= 15 is 0 Å². The molecule has 2 heterocycles. The van der Waals surface area contributed by atoms with Gasteiger partial charge in [0.2, 0.25) is 17.7 Å². The maximum Gasteiger partial charge on any atom is 0.412 e. The van der Waals surface area contributed by atoms with Crippen LogP contribution in [0, 0.1) is 29.6 Å². The van der Waals surface area contributed by atoms with E-state index in [1.807, 2.05) is 58.0 Å². The number of likely N-dealkylation sites (tertiary alicyclic amines) is 1. The summed E-state index contributed by atoms with van der Waals surface area (Å²) >= 11 is 0. The van der Waals surface area contributed by atoms with Gasteiger partial charge in [-0.3, -0.25) is 34.1 Å². The Morgan fingerprint density at radius 2 is 1.49 bits per heavy atom. The third-order valence-corrected chi connectivity index (χ3v) is 16.7. The molecule has 0 saturated carbocycles. The molecule has 0 aromatic heterocycles. The number of benzene rings is 2. The number of nitrogens with one attached hydrogen (secondary N) is 3. The fraction of sp³-hybridized carbons (Fsp3) is 0.635. The van der Waals surface area contributed by atoms with Gasteiger partial charge in [0.15, 0.2) is 5.78 Å². The molecular formula is C63H93N7O15. The number of ether oxygens (including phenoxy) is 4. The minimum Gasteiger partial charge on any atom is -0.445 e. The summed E-state index contributed by atoms with van der Waals surface area (Å²) in [4.78, 5) is 131. The molecule has 0 spiro atoms. The van der Waals surface area contributed by atoms with Crippen LogP contribution in [0.25, 0.3) is 0 Å². The topological polar surface area (TPSA) is 269 Å². The second-order valence-corrected chi connectivity index (χ2v) is 23.5. The van der Waals surface area contributed by atoms with Crippen LogP contribution in [0.4, 0.5) is 21.0 Å². The molecule has 1 aliphatic carbocycles. The maximum absolute atomic E-state index is 14.9. The molecule has 5 rings (SSSR count). The number of methoxy groups -OCH3 is 2. The summed E-state index contributed by atoms with van der Waals surface area (Å²) in [5.74, 6) is -5.85. The zero-order valence-corrected chi connectivity index (χ0v) is 51.8. The summed E-state index contributed by atoms with van der Waals surface area (Å²) in [6.45, 7) is 14.4. The number of carbonyl (C=O) groups excluding carboxylic acids is 9. The van der Waals surface area contributed by atoms with Crippen molar-refractivity contribution in [2.45, 2.75) is 188 Å². The third kappa shape index (κ3) is 19.0. The van der Waals surface area contributed by atoms with Crippen LogP contribution >= 0.6 is 0 Å². The fourth-order valence-electron chi connectivity index (χ4n) is 11.7. The lowest BCUT2D eigenvalue weighted by Crippen LogP contribution is -2.55. The van der Waals surface area contributed by atoms with Gasteiger partial charge in [-0.1, -0.05) is 104 Å². The van der Waals surface area contributed by atoms with Gasteiger partial charge in [-0.25, -0.2) is 14.4 Å². The zero-order valence-electron chi connectivity index (χ0n) is 51.8. The zero-order chi connectivity index (χ0) is 62.7. The summed E-state index contributed by atoms with van der Waals surface area (Å²) in [6, 6.07) is 11.1. The highest BCUT2D eigenvalue weighted by molar-refractivity contribution is 6.02. The van der Waals surface area contributed by atoms with Crippen LogP contribution in [0.3, 0.4) is 0 Å². The van der Waals surface area contributed by atoms with Crippen molar-refractivity contribution in [1.29, 1.82) is 0 Å². The van der Waals surface area contributed by atoms with Crippen LogP contribution < -0.4 is 16.0 Å². The molecule has 470 valence electrons. The Kier molecular flexibility index (Phi) is 26.8. The van der Waals surface area contributed by atoms with Crippen molar-refractivity contribution >= 4 is 64.8 Å². The molecule has 2 aliphatic heterocycles. The van der Waals surface area contributed by atoms with Gasteiger partial charge >= 0.3 is 18.2 Å². The van der Waals surface area contributed by atoms with Crippen molar-refractivity contribution in [1.82, 2.24) is 25.1 Å². The van der Waals surface area contributed by atoms with Gasteiger partial charge in [-0.2, -0.15) is 0 Å². The predicted molar refractivity (Wildman–Crippen MR) is 318 cm³/mol. The number of likely N-dealkylation sites (N-methyl/N-ethyl adjacent to an activating group) is 2. The first-order chi connectivity index (χ1) is 40.4. The number of hydrogen-bond acceptors (Lipinski definition) is 16. The Balaban J connectivity index is 1.25. The molecule has 22 heteroatoms. The smallest absolute Gasteiger partial charge is 0.412 e. The average molecular weight is 1190 g/mol. The molecule has 0 radical (unpaired) electrons. The van der Waals surface area contributed by atoms with E-state index in [1.54, 1.807) is 62.7 Å². The van der Waals surface area contributed by atoms with Crippen LogP contribution in [0.2, 0.25) is 0 Å². The summed E-state index contributed by atoms with van der Waals surface area (Å²) in [6.07, 6.45) is 5.44. The Labute approximate surface area is 501 Å². The number of imide groups is 1. The molecule has 3 aliphatic rings. The van der Waals surface area contributed by atoms with E-state index in [1.165, 1.54) is 38.3 Å². The van der Waals surface area contributed by atoms with E-state index in [9.17, 15) is 48.3 Å². The Bertz CT molecular complexity index is 2620. The van der Waals surface area contributed by atoms with Crippen molar-refractivity contribution < 1.29 is 72.0 Å². The number of nitrogens with zero attached hydrogens (tertiary/aromatic N) is 4. The summed E-state index contributed by atoms with van der Waals surface area (Å²) in [7, 11) is 6.16. The van der Waals surface area contributed by atoms with E-state index in [4.69, 9.17) is 23.8 Å². The first-order valence-electron chi connectivity index (χ1n) is 30.1. The molecule has 4 N–H and O–H groups in total. The molecule has 1 unspecified atom stereocenters. The van der Waals surface area contributed by atoms with Crippen LogP contribution in [0.15, 0.2) is 60.7 Å². The average Bonchev–Trinajstić information content (AvgIpc) is 4.29. The number of hydroxylamine groups is 2. The maximum atomic E-state index is 14.9. The van der Waals surface area contributed by atoms with E-state index in [0.717, 1.165) is 25.7 Å². The standard InChI is InChI=1S/C63H93N7O15/c1-13-40(6)57(51(81-11)35-54(74)69-32-22-27-49(69)59(82-12)41(7)60(77)65-42(8)58(76)44-23-18-17-19-24-44)67(9)61(78)46(38(2)3)34-50(71)56(39(4)5)68(10)63(80)83-37-43-28-29-47(66-62(79)84-45-25-20-15-14-16-21-26-45)48(33-43)64-36-55(75)85-70-52(72)30-31-53(70)73/h17-20,23-25,28-29,33,38-42,45-46,49,51,56-59,64,76H,13-16,21-22,26-27,30-32,34-37H2,1-12H3,(H,65,77)(H,66,79)/b25-20+/t40-,41+,42+,45?,46-,49-,51+,56-,57-,58+,59+/m0/s1. The SMILES string of the molecule is CC[C@H](C)[C@@H]([C@@H](CC(=O)N1CCC[C@H]1[C@H](OC)[C@@H](C)C(=O)N[C@H](C)[C@@H](O)c1ccccc1)OC)N(C)C(=O)[C@@H](CC(=O)[C@H](C(C)C)N(C)C(=O)OCc1ccc(NC(=O)OC2/C=C/CCCCC2)c(NCC(=O)ON2C(=O)CCC2=O)c1)C(C)C. The largest absolute Gasteiger partial charge is 0.445 e. The molecule has 2 aromatic rings. The number of Topliss-reactive ketones (excluding diaryl/α,β-unsaturated/α-hetero) is 1. The molecular weight excluding hydrogens is 1090 g/mol. The monoisotopic (exact) mass is 1190 g/mol. The van der Waals surface area contributed by atoms with Crippen molar-refractivity contribution in [3.63, 3.8) is 0 Å². The van der Waals surface area contributed by atoms with Crippen LogP contribution in [0.5, 0.6) is 0 Å². The van der Waals surface area contributed by atoms with Gasteiger partial charge in [-0.15, -0.1) is 5.06 Å². The van der Waals surface area contributed by atoms with Crippen molar-refractivity contribution in [2.75, 3.05) is 52.0 Å². The van der Waals surface area contributed by atoms with E-state index in [-0.39, 0.29) is 79.0 Å². The van der Waals surface area contributed by atoms with Crippen molar-refractivity contribution in [2.24, 2.45) is 29.6 Å². The number of rotatable bonds is 29. The molecule has 2 aromatic carbocycles. The summed E-state index contributed by atoms with van der Waals surface area (Å²) in [5, 5.41) is 19.9. The lowest BCUT2D eigenvalue weighted by atomic mass is 9.83. The quantitative estimate of drug-likeness (QED) is 0.0442. The summed E-state index contributed by atoms with van der Waals surface area (Å²) in [5.41, 5.74) is 1.49. The normalized spacial score (nSPS) is 19.9. The molecule has 0 bridgehead atoms. The molecule has 85 heavy (non-hydrogen) atoms. The van der Waals surface area contributed by atoms with E-state index in [0.29, 0.717) is 48.4 Å². The van der Waals surface area contributed by atoms with Gasteiger partial charge in [0, 0.05) is 60.0 Å². The highest BCUT2D eigenvalue weighted by Crippen LogP contribution is 2.32. The Hall–Kier alpha value is -6.91. The fourth-order valence-corrected chi connectivity index (χ4v) is 11.7. The van der Waals surface area contributed by atoms with Gasteiger partial charge in [0.25, 0.3) is 11.8 Å². The lowest BCUT2D eigenvalue weighted by Gasteiger charge is -2.41.